The van der Waals surface area contributed by atoms with E-state index in [1.165, 1.54) is 10.9 Å². The number of rotatable bonds is 3. The number of carbonyl (C=O) groups is 2. The molecule has 0 aliphatic carbocycles. The highest BCUT2D eigenvalue weighted by Crippen LogP contribution is 2.14. The smallest absolute Gasteiger partial charge is 0.275 e. The number of pyridine rings is 1. The number of H-pyrrole nitrogens is 1. The van der Waals surface area contributed by atoms with Crippen molar-refractivity contribution in [2.45, 2.75) is 0 Å². The summed E-state index contributed by atoms with van der Waals surface area (Å²) in [6.45, 7) is 2.34. The Labute approximate surface area is 133 Å². The quantitative estimate of drug-likeness (QED) is 0.691. The topological polar surface area (TPSA) is 95.6 Å². The third-order valence-corrected chi connectivity index (χ3v) is 3.85. The predicted molar refractivity (Wildman–Crippen MR) is 78.7 cm³/mol. The van der Waals surface area contributed by atoms with E-state index in [1.807, 2.05) is 24.4 Å². The normalized spacial score (nSPS) is 14.8. The van der Waals surface area contributed by atoms with Crippen LogP contribution < -0.4 is 15.0 Å². The summed E-state index contributed by atoms with van der Waals surface area (Å²) in [6.07, 6.45) is 3.14. The lowest BCUT2D eigenvalue weighted by Crippen LogP contribution is -2.50. The van der Waals surface area contributed by atoms with Gasteiger partial charge in [0.2, 0.25) is 0 Å². The summed E-state index contributed by atoms with van der Waals surface area (Å²) < 4.78 is 1.31. The number of carbonyl (C=O) groups excluding carboxylic acids is 2. The van der Waals surface area contributed by atoms with Crippen LogP contribution in [0, 0.1) is 0 Å². The molecular weight excluding hydrogens is 298 g/mol. The Morgan fingerprint density at radius 1 is 1.22 bits per heavy atom. The molecule has 1 N–H and O–H groups in total. The molecule has 0 aromatic carbocycles. The van der Waals surface area contributed by atoms with Gasteiger partial charge in [-0.15, -0.1) is 0 Å². The molecule has 0 spiro atoms. The van der Waals surface area contributed by atoms with E-state index in [1.54, 1.807) is 11.9 Å². The number of aromatic nitrogens is 3. The zero-order chi connectivity index (χ0) is 16.4. The molecule has 8 heteroatoms. The summed E-state index contributed by atoms with van der Waals surface area (Å²) in [6, 6.07) is 5.83. The second-order valence-electron chi connectivity index (χ2n) is 5.38. The number of nitrogens with zero attached hydrogens (tertiary/aromatic N) is 4. The standard InChI is InChI=1S/C15H17N5O3/c1-18-10-11(15(22)23)13(17-18)14(21)20-8-6-19(7-9-20)12-4-2-3-5-16-12/h2-5,10H,6-9H2,1H3,(H,22,23). The van der Waals surface area contributed by atoms with E-state index >= 15 is 0 Å². The highest BCUT2D eigenvalue weighted by Gasteiger charge is 2.29. The van der Waals surface area contributed by atoms with Crippen LogP contribution >= 0.6 is 0 Å². The Morgan fingerprint density at radius 2 is 1.96 bits per heavy atom. The highest BCUT2D eigenvalue weighted by atomic mass is 16.4. The Hall–Kier alpha value is -2.90. The summed E-state index contributed by atoms with van der Waals surface area (Å²) in [5.74, 6) is -0.770. The van der Waals surface area contributed by atoms with Gasteiger partial charge < -0.3 is 14.8 Å². The van der Waals surface area contributed by atoms with Gasteiger partial charge in [-0.2, -0.15) is 5.10 Å². The Morgan fingerprint density at radius 3 is 2.57 bits per heavy atom. The number of amides is 1. The molecule has 0 atom stereocenters. The van der Waals surface area contributed by atoms with Crippen LogP contribution in [-0.2, 0) is 7.05 Å². The molecule has 2 aromatic rings. The van der Waals surface area contributed by atoms with E-state index in [4.69, 9.17) is 0 Å². The predicted octanol–water partition coefficient (Wildman–Crippen LogP) is -1.44. The van der Waals surface area contributed by atoms with E-state index in [0.29, 0.717) is 26.2 Å². The van der Waals surface area contributed by atoms with Crippen LogP contribution in [0.1, 0.15) is 20.8 Å². The summed E-state index contributed by atoms with van der Waals surface area (Å²) in [5, 5.41) is 15.1. The fourth-order valence-electron chi connectivity index (χ4n) is 2.68. The average Bonchev–Trinajstić information content (AvgIpc) is 2.97. The highest BCUT2D eigenvalue weighted by molar-refractivity contribution is 6.02. The number of aryl methyl sites for hydroxylation is 1. The van der Waals surface area contributed by atoms with Gasteiger partial charge in [-0.1, -0.05) is 6.07 Å². The van der Waals surface area contributed by atoms with Crippen molar-refractivity contribution in [2.75, 3.05) is 31.1 Å². The van der Waals surface area contributed by atoms with E-state index in [9.17, 15) is 14.7 Å². The number of hydrogen-bond donors (Lipinski definition) is 0. The van der Waals surface area contributed by atoms with Crippen molar-refractivity contribution in [3.05, 3.63) is 41.9 Å². The molecule has 1 aliphatic heterocycles. The van der Waals surface area contributed by atoms with Gasteiger partial charge in [0.25, 0.3) is 11.7 Å². The fourth-order valence-corrected chi connectivity index (χ4v) is 2.68. The molecule has 0 radical (unpaired) electrons. The molecule has 120 valence electrons. The van der Waals surface area contributed by atoms with Crippen LogP contribution in [0.2, 0.25) is 0 Å². The van der Waals surface area contributed by atoms with Crippen LogP contribution in [0.25, 0.3) is 0 Å². The van der Waals surface area contributed by atoms with Crippen LogP contribution in [0.3, 0.4) is 0 Å². The minimum Gasteiger partial charge on any atom is -0.545 e. The zero-order valence-corrected chi connectivity index (χ0v) is 12.7. The van der Waals surface area contributed by atoms with Crippen molar-refractivity contribution in [3.8, 4) is 0 Å². The number of piperazine rings is 1. The molecule has 1 aliphatic rings. The first-order valence-electron chi connectivity index (χ1n) is 7.32. The van der Waals surface area contributed by atoms with Crippen molar-refractivity contribution in [1.29, 1.82) is 0 Å². The van der Waals surface area contributed by atoms with Crippen LogP contribution in [-0.4, -0.2) is 52.7 Å². The molecule has 0 unspecified atom stereocenters. The number of aromatic carboxylic acids is 1. The van der Waals surface area contributed by atoms with Crippen molar-refractivity contribution in [3.63, 3.8) is 0 Å². The maximum absolute atomic E-state index is 12.5. The van der Waals surface area contributed by atoms with Gasteiger partial charge in [-0.05, 0) is 6.07 Å². The van der Waals surface area contributed by atoms with Gasteiger partial charge in [0.05, 0.1) is 25.3 Å². The molecular formula is C15H17N5O3. The number of nitrogens with one attached hydrogen (secondary N) is 1. The second kappa shape index (κ2) is 6.07. The minimum atomic E-state index is -1.39. The molecule has 1 amide bonds. The number of anilines is 1. The summed E-state index contributed by atoms with van der Waals surface area (Å²) >= 11 is 0. The number of aromatic amines is 1. The van der Waals surface area contributed by atoms with Gasteiger partial charge in [0.1, 0.15) is 13.1 Å². The van der Waals surface area contributed by atoms with Crippen LogP contribution in [0.15, 0.2) is 30.6 Å². The Balaban J connectivity index is 1.70. The largest absolute Gasteiger partial charge is 0.545 e. The van der Waals surface area contributed by atoms with Gasteiger partial charge in [-0.25, -0.2) is 4.98 Å². The number of hydrogen-bond acceptors (Lipinski definition) is 5. The summed E-state index contributed by atoms with van der Waals surface area (Å²) in [4.78, 5) is 30.5. The van der Waals surface area contributed by atoms with Crippen molar-refractivity contribution >= 4 is 17.7 Å². The first kappa shape index (κ1) is 15.0. The molecule has 1 fully saturated rings. The third kappa shape index (κ3) is 3.01. The summed E-state index contributed by atoms with van der Waals surface area (Å²) in [5.41, 5.74) is -0.233. The maximum Gasteiger partial charge on any atom is 0.275 e. The van der Waals surface area contributed by atoms with Crippen molar-refractivity contribution in [1.82, 2.24) is 14.7 Å². The van der Waals surface area contributed by atoms with Gasteiger partial charge in [0, 0.05) is 24.9 Å². The SMILES string of the molecule is Cn1cc(C(=O)[O-])c(C(=O)N2CCN(c3cccc[nH+]3)CC2)n1. The lowest BCUT2D eigenvalue weighted by Gasteiger charge is -2.30. The minimum absolute atomic E-state index is 0.0628. The molecule has 3 heterocycles. The molecule has 1 saturated heterocycles. The van der Waals surface area contributed by atoms with Gasteiger partial charge in [-0.3, -0.25) is 14.4 Å². The van der Waals surface area contributed by atoms with E-state index < -0.39 is 5.97 Å². The molecule has 3 rings (SSSR count). The van der Waals surface area contributed by atoms with Crippen molar-refractivity contribution in [2.24, 2.45) is 7.05 Å². The fraction of sp³-hybridized carbons (Fsp3) is 0.333. The Bertz CT molecular complexity index is 720. The third-order valence-electron chi connectivity index (χ3n) is 3.85. The molecule has 23 heavy (non-hydrogen) atoms. The lowest BCUT2D eigenvalue weighted by atomic mass is 10.2. The maximum atomic E-state index is 12.5. The first-order chi connectivity index (χ1) is 11.1. The number of carboxylic acid groups (broad SMARTS) is 1. The molecule has 0 bridgehead atoms. The van der Waals surface area contributed by atoms with E-state index in [2.05, 4.69) is 15.0 Å². The number of carboxylic acids is 1. The first-order valence-corrected chi connectivity index (χ1v) is 7.32. The van der Waals surface area contributed by atoms with Crippen molar-refractivity contribution < 1.29 is 19.7 Å². The van der Waals surface area contributed by atoms with Crippen LogP contribution in [0.5, 0.6) is 0 Å². The summed E-state index contributed by atoms with van der Waals surface area (Å²) in [7, 11) is 1.58. The average molecular weight is 315 g/mol. The van der Waals surface area contributed by atoms with E-state index in [-0.39, 0.29) is 17.2 Å². The lowest BCUT2D eigenvalue weighted by molar-refractivity contribution is -0.364. The molecule has 0 saturated carbocycles. The van der Waals surface area contributed by atoms with Gasteiger partial charge >= 0.3 is 0 Å². The second-order valence-corrected chi connectivity index (χ2v) is 5.38. The zero-order valence-electron chi connectivity index (χ0n) is 12.7. The molecule has 8 nitrogen and oxygen atoms in total. The monoisotopic (exact) mass is 315 g/mol. The Kier molecular flexibility index (Phi) is 3.96. The van der Waals surface area contributed by atoms with Crippen LogP contribution in [0.4, 0.5) is 5.82 Å². The van der Waals surface area contributed by atoms with Gasteiger partial charge in [0.15, 0.2) is 5.69 Å². The van der Waals surface area contributed by atoms with E-state index in [0.717, 1.165) is 5.82 Å². The molecule has 2 aromatic heterocycles.